The fourth-order valence-corrected chi connectivity index (χ4v) is 5.28. The topological polar surface area (TPSA) is 137 Å². The summed E-state index contributed by atoms with van der Waals surface area (Å²) in [4.78, 5) is 47.2. The lowest BCUT2D eigenvalue weighted by Crippen LogP contribution is -2.46. The van der Waals surface area contributed by atoms with E-state index in [0.29, 0.717) is 42.8 Å². The predicted molar refractivity (Wildman–Crippen MR) is 133 cm³/mol. The van der Waals surface area contributed by atoms with Crippen LogP contribution in [0.1, 0.15) is 19.3 Å². The maximum Gasteiger partial charge on any atom is 0.416 e. The zero-order valence-electron chi connectivity index (χ0n) is 20.2. The Kier molecular flexibility index (Phi) is 5.87. The van der Waals surface area contributed by atoms with Crippen LogP contribution in [0.3, 0.4) is 0 Å². The number of carbonyl (C=O) groups excluding carboxylic acids is 2. The molecular weight excluding hydrogens is 480 g/mol. The molecule has 3 aliphatic rings. The highest BCUT2D eigenvalue weighted by atomic mass is 16.6. The van der Waals surface area contributed by atoms with Gasteiger partial charge in [-0.3, -0.25) is 14.5 Å². The third-order valence-corrected chi connectivity index (χ3v) is 7.07. The van der Waals surface area contributed by atoms with Gasteiger partial charge >= 0.3 is 6.09 Å². The second-order valence-corrected chi connectivity index (χ2v) is 9.29. The van der Waals surface area contributed by atoms with Crippen LogP contribution in [0, 0.1) is 0 Å². The molecule has 3 aromatic heterocycles. The lowest BCUT2D eigenvalue weighted by Gasteiger charge is -2.33. The minimum Gasteiger partial charge on any atom is -0.481 e. The maximum absolute atomic E-state index is 12.8. The molecular formula is C25H26N6O6. The van der Waals surface area contributed by atoms with Crippen molar-refractivity contribution in [2.24, 2.45) is 0 Å². The van der Waals surface area contributed by atoms with Gasteiger partial charge in [-0.1, -0.05) is 0 Å². The van der Waals surface area contributed by atoms with Gasteiger partial charge in [-0.15, -0.1) is 0 Å². The lowest BCUT2D eigenvalue weighted by molar-refractivity contribution is -0.118. The molecule has 5 heterocycles. The van der Waals surface area contributed by atoms with E-state index in [1.165, 1.54) is 0 Å². The first kappa shape index (κ1) is 23.2. The largest absolute Gasteiger partial charge is 0.481 e. The van der Waals surface area contributed by atoms with Crippen molar-refractivity contribution in [3.63, 3.8) is 0 Å². The summed E-state index contributed by atoms with van der Waals surface area (Å²) in [6, 6.07) is 8.47. The molecule has 0 aromatic carbocycles. The van der Waals surface area contributed by atoms with E-state index in [1.54, 1.807) is 53.1 Å². The Hall–Kier alpha value is -4.19. The van der Waals surface area contributed by atoms with Crippen molar-refractivity contribution in [2.45, 2.75) is 44.0 Å². The number of nitrogens with zero attached hydrogens (tertiary/aromatic N) is 4. The molecule has 2 amide bonds. The number of hydrogen-bond acceptors (Lipinski definition) is 9. The van der Waals surface area contributed by atoms with Crippen LogP contribution >= 0.6 is 0 Å². The fraction of sp³-hybridized carbons (Fsp3) is 0.400. The van der Waals surface area contributed by atoms with Gasteiger partial charge in [0.1, 0.15) is 11.9 Å². The fourth-order valence-electron chi connectivity index (χ4n) is 5.28. The Morgan fingerprint density at radius 2 is 2.08 bits per heavy atom. The smallest absolute Gasteiger partial charge is 0.416 e. The average molecular weight is 507 g/mol. The number of carbonyl (C=O) groups is 2. The molecule has 12 heteroatoms. The van der Waals surface area contributed by atoms with Gasteiger partial charge in [0.25, 0.3) is 11.5 Å². The van der Waals surface area contributed by atoms with Gasteiger partial charge < -0.3 is 29.4 Å². The number of fused-ring (bicyclic) bond motifs is 3. The lowest BCUT2D eigenvalue weighted by atomic mass is 9.88. The summed E-state index contributed by atoms with van der Waals surface area (Å²) in [6.45, 7) is 1.00. The standard InChI is InChI=1S/C25H26N6O6/c1-35-22-11-17-14(12-27-22)2-7-23(33)30(17)9-8-26-15-3-4-16-19(10-15)37-25(34)31(16)20-6-5-18-24(28-20)29-21(32)13-36-18/h2,5-7,11-12,15-16,19,26H,3-4,8-10,13H2,1H3,(H,28,29,32)/t15-,16-,19?/m0/s1. The Balaban J connectivity index is 1.11. The van der Waals surface area contributed by atoms with E-state index in [2.05, 4.69) is 20.6 Å². The van der Waals surface area contributed by atoms with Crippen molar-refractivity contribution in [2.75, 3.05) is 30.5 Å². The van der Waals surface area contributed by atoms with Crippen molar-refractivity contribution in [3.05, 3.63) is 46.9 Å². The van der Waals surface area contributed by atoms with Gasteiger partial charge in [-0.2, -0.15) is 0 Å². The van der Waals surface area contributed by atoms with Crippen molar-refractivity contribution in [1.29, 1.82) is 0 Å². The summed E-state index contributed by atoms with van der Waals surface area (Å²) >= 11 is 0. The van der Waals surface area contributed by atoms with Crippen molar-refractivity contribution >= 4 is 34.5 Å². The first-order chi connectivity index (χ1) is 18.0. The van der Waals surface area contributed by atoms with Gasteiger partial charge in [-0.05, 0) is 31.0 Å². The van der Waals surface area contributed by atoms with E-state index in [4.69, 9.17) is 14.2 Å². The Morgan fingerprint density at radius 1 is 1.19 bits per heavy atom. The van der Waals surface area contributed by atoms with Crippen LogP contribution in [0.15, 0.2) is 41.3 Å². The zero-order valence-corrected chi connectivity index (χ0v) is 20.2. The Labute approximate surface area is 211 Å². The molecule has 1 saturated carbocycles. The normalized spacial score (nSPS) is 22.6. The number of nitrogens with one attached hydrogen (secondary N) is 2. The quantitative estimate of drug-likeness (QED) is 0.511. The minimum atomic E-state index is -0.448. The second kappa shape index (κ2) is 9.36. The Morgan fingerprint density at radius 3 is 2.95 bits per heavy atom. The molecule has 1 aliphatic carbocycles. The predicted octanol–water partition coefficient (Wildman–Crippen LogP) is 1.67. The summed E-state index contributed by atoms with van der Waals surface area (Å²) in [5.41, 5.74) is 0.676. The van der Waals surface area contributed by atoms with Crippen LogP contribution in [0.4, 0.5) is 16.4 Å². The van der Waals surface area contributed by atoms with Crippen molar-refractivity contribution in [3.8, 4) is 11.6 Å². The van der Waals surface area contributed by atoms with Gasteiger partial charge in [0.15, 0.2) is 18.2 Å². The van der Waals surface area contributed by atoms with E-state index in [9.17, 15) is 14.4 Å². The van der Waals surface area contributed by atoms with Crippen LogP contribution in [0.25, 0.3) is 10.9 Å². The minimum absolute atomic E-state index is 0.0561. The van der Waals surface area contributed by atoms with E-state index >= 15 is 0 Å². The monoisotopic (exact) mass is 506 g/mol. The molecule has 1 unspecified atom stereocenters. The number of amides is 2. The van der Waals surface area contributed by atoms with Gasteiger partial charge in [0.2, 0.25) is 5.88 Å². The summed E-state index contributed by atoms with van der Waals surface area (Å²) in [6.07, 6.45) is 3.18. The molecule has 2 fully saturated rings. The van der Waals surface area contributed by atoms with Gasteiger partial charge in [-0.25, -0.2) is 14.8 Å². The third kappa shape index (κ3) is 4.33. The highest BCUT2D eigenvalue weighted by molar-refractivity contribution is 5.95. The van der Waals surface area contributed by atoms with Gasteiger partial charge in [0, 0.05) is 49.3 Å². The van der Waals surface area contributed by atoms with Crippen LogP contribution in [-0.4, -0.2) is 65.0 Å². The maximum atomic E-state index is 12.8. The number of aromatic nitrogens is 3. The van der Waals surface area contributed by atoms with E-state index in [-0.39, 0.29) is 36.3 Å². The molecule has 1 saturated heterocycles. The van der Waals surface area contributed by atoms with E-state index in [0.717, 1.165) is 23.7 Å². The molecule has 0 bridgehead atoms. The number of anilines is 2. The molecule has 2 aliphatic heterocycles. The third-order valence-electron chi connectivity index (χ3n) is 7.07. The first-order valence-corrected chi connectivity index (χ1v) is 12.2. The molecule has 3 aromatic rings. The summed E-state index contributed by atoms with van der Waals surface area (Å²) < 4.78 is 18.0. The highest BCUT2D eigenvalue weighted by Gasteiger charge is 2.46. The van der Waals surface area contributed by atoms with Crippen LogP contribution in [-0.2, 0) is 16.1 Å². The molecule has 0 spiro atoms. The number of rotatable bonds is 6. The van der Waals surface area contributed by atoms with Crippen LogP contribution < -0.4 is 30.6 Å². The summed E-state index contributed by atoms with van der Waals surface area (Å²) in [7, 11) is 1.54. The molecule has 192 valence electrons. The molecule has 0 radical (unpaired) electrons. The van der Waals surface area contributed by atoms with Gasteiger partial charge in [0.05, 0.1) is 18.7 Å². The number of pyridine rings is 3. The van der Waals surface area contributed by atoms with E-state index < -0.39 is 6.09 Å². The SMILES string of the molecule is COc1cc2c(ccc(=O)n2CCN[C@H]2CC[C@H]3C(C2)OC(=O)N3c2ccc3c(n2)NC(=O)CO3)cn1. The summed E-state index contributed by atoms with van der Waals surface area (Å²) in [5.74, 6) is 1.37. The number of methoxy groups -OCH3 is 1. The molecule has 3 atom stereocenters. The Bertz CT molecular complexity index is 1440. The van der Waals surface area contributed by atoms with Crippen molar-refractivity contribution < 1.29 is 23.8 Å². The van der Waals surface area contributed by atoms with Crippen LogP contribution in [0.5, 0.6) is 11.6 Å². The molecule has 2 N–H and O–H groups in total. The molecule has 12 nitrogen and oxygen atoms in total. The molecule has 37 heavy (non-hydrogen) atoms. The summed E-state index contributed by atoms with van der Waals surface area (Å²) in [5, 5.41) is 7.06. The highest BCUT2D eigenvalue weighted by Crippen LogP contribution is 2.37. The average Bonchev–Trinajstić information content (AvgIpc) is 3.24. The zero-order chi connectivity index (χ0) is 25.5. The van der Waals surface area contributed by atoms with Crippen molar-refractivity contribution in [1.82, 2.24) is 19.9 Å². The number of hydrogen-bond donors (Lipinski definition) is 2. The first-order valence-electron chi connectivity index (χ1n) is 12.2. The molecule has 6 rings (SSSR count). The van der Waals surface area contributed by atoms with E-state index in [1.807, 2.05) is 0 Å². The van der Waals surface area contributed by atoms with Crippen LogP contribution in [0.2, 0.25) is 0 Å². The second-order valence-electron chi connectivity index (χ2n) is 9.29. The number of ether oxygens (including phenoxy) is 3.